The van der Waals surface area contributed by atoms with E-state index in [9.17, 15) is 18.0 Å². The number of nitriles is 1. The molecule has 0 aliphatic rings. The minimum Gasteiger partial charge on any atom is -0.411 e. The van der Waals surface area contributed by atoms with Crippen molar-refractivity contribution in [2.24, 2.45) is 0 Å². The van der Waals surface area contributed by atoms with E-state index in [1.54, 1.807) is 12.1 Å². The Morgan fingerprint density at radius 3 is 2.61 bits per heavy atom. The van der Waals surface area contributed by atoms with E-state index in [4.69, 9.17) is 9.68 Å². The fourth-order valence-electron chi connectivity index (χ4n) is 2.42. The lowest BCUT2D eigenvalue weighted by atomic mass is 10.2. The third kappa shape index (κ3) is 6.50. The Morgan fingerprint density at radius 2 is 1.90 bits per heavy atom. The van der Waals surface area contributed by atoms with Gasteiger partial charge in [-0.1, -0.05) is 30.0 Å². The molecule has 0 fully saturated rings. The second-order valence-corrected chi connectivity index (χ2v) is 8.10. The van der Waals surface area contributed by atoms with E-state index in [1.165, 1.54) is 17.8 Å². The molecule has 0 radical (unpaired) electrons. The molecule has 6 nitrogen and oxygen atoms in total. The molecule has 1 N–H and O–H groups in total. The van der Waals surface area contributed by atoms with Crippen LogP contribution in [0.1, 0.15) is 12.0 Å². The molecule has 3 aromatic rings. The predicted molar refractivity (Wildman–Crippen MR) is 111 cm³/mol. The summed E-state index contributed by atoms with van der Waals surface area (Å²) in [5.41, 5.74) is -0.0994. The van der Waals surface area contributed by atoms with Crippen molar-refractivity contribution in [3.05, 3.63) is 54.1 Å². The van der Waals surface area contributed by atoms with Crippen LogP contribution in [0.5, 0.6) is 0 Å². The predicted octanol–water partition coefficient (Wildman–Crippen LogP) is 5.49. The van der Waals surface area contributed by atoms with Gasteiger partial charge in [-0.2, -0.15) is 18.4 Å². The van der Waals surface area contributed by atoms with Crippen LogP contribution in [0.3, 0.4) is 0 Å². The van der Waals surface area contributed by atoms with Gasteiger partial charge in [0.25, 0.3) is 5.22 Å². The molecule has 0 unspecified atom stereocenters. The van der Waals surface area contributed by atoms with Crippen LogP contribution >= 0.6 is 23.5 Å². The van der Waals surface area contributed by atoms with E-state index in [1.807, 2.05) is 24.3 Å². The molecule has 1 aromatic heterocycles. The van der Waals surface area contributed by atoms with E-state index < -0.39 is 17.6 Å². The zero-order chi connectivity index (χ0) is 22.3. The Bertz CT molecular complexity index is 1080. The molecule has 0 aliphatic heterocycles. The van der Waals surface area contributed by atoms with Crippen molar-refractivity contribution >= 4 is 35.1 Å². The average Bonchev–Trinajstić information content (AvgIpc) is 3.22. The van der Waals surface area contributed by atoms with Crippen molar-refractivity contribution in [3.8, 4) is 17.5 Å². The summed E-state index contributed by atoms with van der Waals surface area (Å²) in [6, 6.07) is 14.2. The lowest BCUT2D eigenvalue weighted by molar-refractivity contribution is -0.137. The van der Waals surface area contributed by atoms with Crippen LogP contribution < -0.4 is 5.32 Å². The summed E-state index contributed by atoms with van der Waals surface area (Å²) < 4.78 is 44.7. The average molecular weight is 464 g/mol. The molecule has 3 rings (SSSR count). The number of amides is 1. The van der Waals surface area contributed by atoms with Crippen LogP contribution in [0, 0.1) is 11.3 Å². The number of carbonyl (C=O) groups excluding carboxylic acids is 1. The maximum Gasteiger partial charge on any atom is 0.416 e. The minimum atomic E-state index is -4.54. The highest BCUT2D eigenvalue weighted by Gasteiger charge is 2.31. The molecule has 1 heterocycles. The molecule has 0 saturated heterocycles. The maximum atomic E-state index is 13.1. The molecule has 0 saturated carbocycles. The van der Waals surface area contributed by atoms with Crippen molar-refractivity contribution in [2.75, 3.05) is 16.8 Å². The van der Waals surface area contributed by atoms with Crippen LogP contribution in [0.2, 0.25) is 0 Å². The largest absolute Gasteiger partial charge is 0.416 e. The van der Waals surface area contributed by atoms with Gasteiger partial charge >= 0.3 is 6.18 Å². The number of benzene rings is 2. The Morgan fingerprint density at radius 1 is 1.13 bits per heavy atom. The molecule has 160 valence electrons. The summed E-state index contributed by atoms with van der Waals surface area (Å²) in [7, 11) is 0. The summed E-state index contributed by atoms with van der Waals surface area (Å²) in [4.78, 5) is 12.8. The molecule has 1 amide bonds. The number of alkyl halides is 3. The zero-order valence-corrected chi connectivity index (χ0v) is 17.5. The van der Waals surface area contributed by atoms with Crippen molar-refractivity contribution < 1.29 is 22.4 Å². The quantitative estimate of drug-likeness (QED) is 0.348. The lowest BCUT2D eigenvalue weighted by Gasteiger charge is -2.14. The summed E-state index contributed by atoms with van der Waals surface area (Å²) >= 11 is 2.17. The number of hydrogen-bond donors (Lipinski definition) is 1. The van der Waals surface area contributed by atoms with E-state index in [0.717, 1.165) is 29.5 Å². The summed E-state index contributed by atoms with van der Waals surface area (Å²) in [6.45, 7) is 0. The molecule has 0 spiro atoms. The van der Waals surface area contributed by atoms with E-state index >= 15 is 0 Å². The SMILES string of the molecule is N#CCCSc1ccc(C(F)(F)F)cc1NC(=O)CSc1nnc(-c2ccccc2)o1. The zero-order valence-electron chi connectivity index (χ0n) is 15.8. The Kier molecular flexibility index (Phi) is 7.59. The number of halogens is 3. The van der Waals surface area contributed by atoms with E-state index in [0.29, 0.717) is 16.5 Å². The van der Waals surface area contributed by atoms with Gasteiger partial charge in [0.15, 0.2) is 0 Å². The van der Waals surface area contributed by atoms with Crippen molar-refractivity contribution in [3.63, 3.8) is 0 Å². The van der Waals surface area contributed by atoms with Crippen LogP contribution in [0.4, 0.5) is 18.9 Å². The van der Waals surface area contributed by atoms with Gasteiger partial charge in [-0.25, -0.2) is 0 Å². The van der Waals surface area contributed by atoms with Crippen LogP contribution in [0.25, 0.3) is 11.5 Å². The number of nitrogens with zero attached hydrogens (tertiary/aromatic N) is 3. The number of aromatic nitrogens is 2. The van der Waals surface area contributed by atoms with Gasteiger partial charge < -0.3 is 9.73 Å². The molecule has 0 atom stereocenters. The molecular weight excluding hydrogens is 449 g/mol. The molecule has 0 bridgehead atoms. The van der Waals surface area contributed by atoms with Gasteiger partial charge in [0.1, 0.15) is 0 Å². The number of anilines is 1. The first-order valence-electron chi connectivity index (χ1n) is 8.89. The normalized spacial score (nSPS) is 11.2. The number of nitrogens with one attached hydrogen (secondary N) is 1. The first-order valence-corrected chi connectivity index (χ1v) is 10.9. The summed E-state index contributed by atoms with van der Waals surface area (Å²) in [6.07, 6.45) is -4.31. The van der Waals surface area contributed by atoms with E-state index in [2.05, 4.69) is 15.5 Å². The Balaban J connectivity index is 1.66. The fourth-order valence-corrected chi connectivity index (χ4v) is 3.82. The van der Waals surface area contributed by atoms with Gasteiger partial charge in [-0.05, 0) is 30.3 Å². The summed E-state index contributed by atoms with van der Waals surface area (Å²) in [5, 5.41) is 19.1. The van der Waals surface area contributed by atoms with Gasteiger partial charge in [-0.3, -0.25) is 4.79 Å². The first-order chi connectivity index (χ1) is 14.9. The third-order valence-corrected chi connectivity index (χ3v) is 5.70. The van der Waals surface area contributed by atoms with Crippen LogP contribution in [-0.4, -0.2) is 27.6 Å². The Labute approximate surface area is 184 Å². The van der Waals surface area contributed by atoms with Gasteiger partial charge in [0.05, 0.1) is 23.1 Å². The monoisotopic (exact) mass is 464 g/mol. The van der Waals surface area contributed by atoms with Crippen molar-refractivity contribution in [2.45, 2.75) is 22.7 Å². The minimum absolute atomic E-state index is 0.0406. The number of thioether (sulfide) groups is 2. The number of carbonyl (C=O) groups is 1. The molecule has 11 heteroatoms. The van der Waals surface area contributed by atoms with Gasteiger partial charge in [-0.15, -0.1) is 22.0 Å². The summed E-state index contributed by atoms with van der Waals surface area (Å²) in [5.74, 6) is 0.0436. The van der Waals surface area contributed by atoms with E-state index in [-0.39, 0.29) is 23.1 Å². The van der Waals surface area contributed by atoms with Gasteiger partial charge in [0, 0.05) is 22.6 Å². The molecule has 31 heavy (non-hydrogen) atoms. The number of hydrogen-bond acceptors (Lipinski definition) is 7. The topological polar surface area (TPSA) is 91.8 Å². The fraction of sp³-hybridized carbons (Fsp3) is 0.200. The van der Waals surface area contributed by atoms with Crippen molar-refractivity contribution in [1.29, 1.82) is 5.26 Å². The molecule has 2 aromatic carbocycles. The third-order valence-electron chi connectivity index (χ3n) is 3.81. The standard InChI is InChI=1S/C20H15F3N4O2S2/c21-20(22,23)14-7-8-16(30-10-4-9-24)15(11-14)25-17(28)12-31-19-27-26-18(29-19)13-5-2-1-3-6-13/h1-3,5-8,11H,4,10,12H2,(H,25,28). The Hall–Kier alpha value is -2.97. The van der Waals surface area contributed by atoms with Crippen molar-refractivity contribution in [1.82, 2.24) is 10.2 Å². The second-order valence-electron chi connectivity index (χ2n) is 6.04. The molecule has 0 aliphatic carbocycles. The number of rotatable bonds is 8. The van der Waals surface area contributed by atoms with Crippen LogP contribution in [-0.2, 0) is 11.0 Å². The lowest BCUT2D eigenvalue weighted by Crippen LogP contribution is -2.16. The molecular formula is C20H15F3N4O2S2. The highest BCUT2D eigenvalue weighted by atomic mass is 32.2. The highest BCUT2D eigenvalue weighted by Crippen LogP contribution is 2.36. The smallest absolute Gasteiger partial charge is 0.411 e. The maximum absolute atomic E-state index is 13.1. The van der Waals surface area contributed by atoms with Gasteiger partial charge in [0.2, 0.25) is 11.8 Å². The van der Waals surface area contributed by atoms with Crippen LogP contribution in [0.15, 0.2) is 63.1 Å². The second kappa shape index (κ2) is 10.4. The highest BCUT2D eigenvalue weighted by molar-refractivity contribution is 7.99. The first kappa shape index (κ1) is 22.7.